The molecule has 0 amide bonds. The van der Waals surface area contributed by atoms with Crippen LogP contribution in [0.4, 0.5) is 0 Å². The first kappa shape index (κ1) is 12.9. The summed E-state index contributed by atoms with van der Waals surface area (Å²) in [6, 6.07) is 0. The molecule has 0 aliphatic heterocycles. The summed E-state index contributed by atoms with van der Waals surface area (Å²) in [5, 5.41) is 10.2. The van der Waals surface area contributed by atoms with Gasteiger partial charge in [0.1, 0.15) is 0 Å². The number of aliphatic hydroxyl groups is 1. The van der Waals surface area contributed by atoms with Crippen LogP contribution >= 0.6 is 0 Å². The lowest BCUT2D eigenvalue weighted by atomic mass is 9.56. The Hall–Kier alpha value is -0.0800. The summed E-state index contributed by atoms with van der Waals surface area (Å²) in [5.74, 6) is 0.889. The second kappa shape index (κ2) is 5.13. The monoisotopic (exact) mass is 252 g/mol. The van der Waals surface area contributed by atoms with Crippen molar-refractivity contribution >= 4 is 0 Å². The Morgan fingerprint density at radius 3 is 2.28 bits per heavy atom. The summed E-state index contributed by atoms with van der Waals surface area (Å²) in [5.41, 5.74) is 0.154. The molecule has 3 rings (SSSR count). The second-order valence-corrected chi connectivity index (χ2v) is 7.05. The molecule has 3 fully saturated rings. The van der Waals surface area contributed by atoms with E-state index >= 15 is 0 Å². The first-order valence-electron chi connectivity index (χ1n) is 8.04. The van der Waals surface area contributed by atoms with Crippen LogP contribution in [-0.2, 0) is 4.74 Å². The van der Waals surface area contributed by atoms with Gasteiger partial charge in [0.05, 0.1) is 18.3 Å². The van der Waals surface area contributed by atoms with E-state index in [1.165, 1.54) is 57.8 Å². The van der Waals surface area contributed by atoms with Gasteiger partial charge in [-0.2, -0.15) is 0 Å². The molecule has 0 aromatic heterocycles. The topological polar surface area (TPSA) is 29.5 Å². The van der Waals surface area contributed by atoms with Gasteiger partial charge in [-0.15, -0.1) is 0 Å². The van der Waals surface area contributed by atoms with Gasteiger partial charge in [-0.25, -0.2) is 0 Å². The zero-order chi connectivity index (χ0) is 12.6. The molecule has 1 N–H and O–H groups in total. The molecule has 3 aliphatic rings. The van der Waals surface area contributed by atoms with Crippen molar-refractivity contribution < 1.29 is 9.84 Å². The van der Waals surface area contributed by atoms with Crippen molar-refractivity contribution in [1.29, 1.82) is 0 Å². The summed E-state index contributed by atoms with van der Waals surface area (Å²) in [6.07, 6.45) is 13.1. The Bertz CT molecular complexity index is 275. The summed E-state index contributed by atoms with van der Waals surface area (Å²) in [6.45, 7) is 2.35. The highest BCUT2D eigenvalue weighted by Gasteiger charge is 2.55. The molecule has 2 nitrogen and oxygen atoms in total. The van der Waals surface area contributed by atoms with Crippen molar-refractivity contribution in [2.24, 2.45) is 11.3 Å². The molecule has 0 heterocycles. The molecule has 2 unspecified atom stereocenters. The molecule has 0 aromatic carbocycles. The van der Waals surface area contributed by atoms with Gasteiger partial charge in [0.25, 0.3) is 0 Å². The van der Waals surface area contributed by atoms with Crippen LogP contribution in [-0.4, -0.2) is 23.4 Å². The molecule has 1 spiro atoms. The molecular weight excluding hydrogens is 224 g/mol. The standard InChI is InChI=1S/C16H28O2/c1-12-5-7-13(8-6-12)18-15-11-14(17)16(15)9-3-2-4-10-16/h12-15,17H,2-11H2,1H3. The van der Waals surface area contributed by atoms with Crippen LogP contribution in [0.5, 0.6) is 0 Å². The lowest BCUT2D eigenvalue weighted by Crippen LogP contribution is -2.59. The number of hydrogen-bond acceptors (Lipinski definition) is 2. The van der Waals surface area contributed by atoms with Crippen LogP contribution in [0.1, 0.15) is 71.1 Å². The van der Waals surface area contributed by atoms with Crippen LogP contribution in [0, 0.1) is 11.3 Å². The maximum Gasteiger partial charge on any atom is 0.0684 e. The predicted octanol–water partition coefficient (Wildman–Crippen LogP) is 3.67. The molecule has 2 atom stereocenters. The molecule has 104 valence electrons. The molecule has 0 aromatic rings. The number of ether oxygens (including phenoxy) is 1. The maximum absolute atomic E-state index is 10.2. The minimum atomic E-state index is -0.0784. The third-order valence-electron chi connectivity index (χ3n) is 5.85. The fourth-order valence-corrected chi connectivity index (χ4v) is 4.38. The second-order valence-electron chi connectivity index (χ2n) is 7.05. The first-order valence-corrected chi connectivity index (χ1v) is 8.04. The highest BCUT2D eigenvalue weighted by atomic mass is 16.5. The SMILES string of the molecule is CC1CCC(OC2CC(O)C23CCCCC3)CC1. The van der Waals surface area contributed by atoms with E-state index < -0.39 is 0 Å². The van der Waals surface area contributed by atoms with E-state index in [1.807, 2.05) is 0 Å². The average Bonchev–Trinajstić information content (AvgIpc) is 2.42. The Balaban J connectivity index is 1.56. The van der Waals surface area contributed by atoms with Gasteiger partial charge in [0, 0.05) is 11.8 Å². The molecule has 0 bridgehead atoms. The van der Waals surface area contributed by atoms with Crippen molar-refractivity contribution in [3.05, 3.63) is 0 Å². The number of hydrogen-bond donors (Lipinski definition) is 1. The third kappa shape index (κ3) is 2.22. The minimum absolute atomic E-state index is 0.0784. The van der Waals surface area contributed by atoms with Crippen LogP contribution in [0.15, 0.2) is 0 Å². The van der Waals surface area contributed by atoms with E-state index in [-0.39, 0.29) is 11.5 Å². The largest absolute Gasteiger partial charge is 0.392 e. The van der Waals surface area contributed by atoms with Gasteiger partial charge < -0.3 is 9.84 Å². The molecular formula is C16H28O2. The van der Waals surface area contributed by atoms with Gasteiger partial charge in [-0.05, 0) is 44.4 Å². The van der Waals surface area contributed by atoms with Gasteiger partial charge in [0.15, 0.2) is 0 Å². The fourth-order valence-electron chi connectivity index (χ4n) is 4.38. The van der Waals surface area contributed by atoms with Crippen molar-refractivity contribution in [2.45, 2.75) is 89.4 Å². The van der Waals surface area contributed by atoms with E-state index in [4.69, 9.17) is 4.74 Å². The Morgan fingerprint density at radius 2 is 1.67 bits per heavy atom. The Kier molecular flexibility index (Phi) is 3.68. The van der Waals surface area contributed by atoms with Gasteiger partial charge >= 0.3 is 0 Å². The third-order valence-corrected chi connectivity index (χ3v) is 5.85. The molecule has 3 saturated carbocycles. The van der Waals surface area contributed by atoms with E-state index in [0.717, 1.165) is 12.3 Å². The number of rotatable bonds is 2. The molecule has 0 radical (unpaired) electrons. The minimum Gasteiger partial charge on any atom is -0.392 e. The van der Waals surface area contributed by atoms with Crippen molar-refractivity contribution in [3.8, 4) is 0 Å². The van der Waals surface area contributed by atoms with Crippen LogP contribution in [0.25, 0.3) is 0 Å². The van der Waals surface area contributed by atoms with Crippen molar-refractivity contribution in [2.75, 3.05) is 0 Å². The van der Waals surface area contributed by atoms with E-state index in [1.54, 1.807) is 0 Å². The summed E-state index contributed by atoms with van der Waals surface area (Å²) in [4.78, 5) is 0. The fraction of sp³-hybridized carbons (Fsp3) is 1.00. The van der Waals surface area contributed by atoms with Crippen LogP contribution in [0.2, 0.25) is 0 Å². The molecule has 2 heteroatoms. The molecule has 0 saturated heterocycles. The molecule has 18 heavy (non-hydrogen) atoms. The lowest BCUT2D eigenvalue weighted by molar-refractivity contribution is -0.226. The average molecular weight is 252 g/mol. The van der Waals surface area contributed by atoms with Gasteiger partial charge in [-0.3, -0.25) is 0 Å². The van der Waals surface area contributed by atoms with E-state index in [0.29, 0.717) is 12.2 Å². The summed E-state index contributed by atoms with van der Waals surface area (Å²) >= 11 is 0. The zero-order valence-corrected chi connectivity index (χ0v) is 11.7. The van der Waals surface area contributed by atoms with Crippen LogP contribution < -0.4 is 0 Å². The highest BCUT2D eigenvalue weighted by molar-refractivity contribution is 5.05. The quantitative estimate of drug-likeness (QED) is 0.812. The van der Waals surface area contributed by atoms with Gasteiger partial charge in [-0.1, -0.05) is 26.2 Å². The number of aliphatic hydroxyl groups excluding tert-OH is 1. The Labute approximate surface area is 111 Å². The molecule has 3 aliphatic carbocycles. The summed E-state index contributed by atoms with van der Waals surface area (Å²) in [7, 11) is 0. The van der Waals surface area contributed by atoms with E-state index in [2.05, 4.69) is 6.92 Å². The highest BCUT2D eigenvalue weighted by Crippen LogP contribution is 2.54. The maximum atomic E-state index is 10.2. The van der Waals surface area contributed by atoms with Crippen LogP contribution in [0.3, 0.4) is 0 Å². The zero-order valence-electron chi connectivity index (χ0n) is 11.7. The Morgan fingerprint density at radius 1 is 1.00 bits per heavy atom. The predicted molar refractivity (Wildman–Crippen MR) is 72.4 cm³/mol. The smallest absolute Gasteiger partial charge is 0.0684 e. The normalized spacial score (nSPS) is 43.7. The van der Waals surface area contributed by atoms with Gasteiger partial charge in [0.2, 0.25) is 0 Å². The van der Waals surface area contributed by atoms with Crippen molar-refractivity contribution in [3.63, 3.8) is 0 Å². The van der Waals surface area contributed by atoms with Crippen molar-refractivity contribution in [1.82, 2.24) is 0 Å². The lowest BCUT2D eigenvalue weighted by Gasteiger charge is -2.56. The first-order chi connectivity index (χ1) is 8.71. The summed E-state index contributed by atoms with van der Waals surface area (Å²) < 4.78 is 6.38. The van der Waals surface area contributed by atoms with E-state index in [9.17, 15) is 5.11 Å².